The third kappa shape index (κ3) is 5.81. The maximum Gasteiger partial charge on any atom is 0.277 e. The molecule has 0 saturated carbocycles. The molecule has 2 rings (SSSR count). The lowest BCUT2D eigenvalue weighted by Gasteiger charge is -2.09. The fourth-order valence-corrected chi connectivity index (χ4v) is 2.22. The Hall–Kier alpha value is -3.02. The van der Waals surface area contributed by atoms with Crippen LogP contribution in [0.5, 0.6) is 17.2 Å². The summed E-state index contributed by atoms with van der Waals surface area (Å²) in [6.07, 6.45) is 2.50. The first-order valence-electron chi connectivity index (χ1n) is 8.50. The molecular formula is C20H24N2O4. The van der Waals surface area contributed by atoms with Gasteiger partial charge in [-0.15, -0.1) is 0 Å². The molecule has 26 heavy (non-hydrogen) atoms. The lowest BCUT2D eigenvalue weighted by molar-refractivity contribution is -0.123. The standard InChI is InChI=1S/C20H24N2O4/c1-4-15-6-9-17(10-7-15)26-14-20(23)22-21-13-16-8-11-18(24-3)19(12-16)25-5-2/h6-13H,4-5,14H2,1-3H3,(H,22,23)/b21-13+. The van der Waals surface area contributed by atoms with Crippen LogP contribution in [0.1, 0.15) is 25.0 Å². The lowest BCUT2D eigenvalue weighted by atomic mass is 10.2. The van der Waals surface area contributed by atoms with Crippen LogP contribution >= 0.6 is 0 Å². The number of amides is 1. The van der Waals surface area contributed by atoms with Gasteiger partial charge in [-0.1, -0.05) is 19.1 Å². The fraction of sp³-hybridized carbons (Fsp3) is 0.300. The number of benzene rings is 2. The molecule has 1 amide bonds. The summed E-state index contributed by atoms with van der Waals surface area (Å²) in [5, 5.41) is 3.94. The van der Waals surface area contributed by atoms with Gasteiger partial charge in [0.2, 0.25) is 0 Å². The summed E-state index contributed by atoms with van der Waals surface area (Å²) in [5.74, 6) is 1.59. The van der Waals surface area contributed by atoms with Crippen molar-refractivity contribution < 1.29 is 19.0 Å². The number of nitrogens with one attached hydrogen (secondary N) is 1. The van der Waals surface area contributed by atoms with Gasteiger partial charge in [0, 0.05) is 0 Å². The van der Waals surface area contributed by atoms with Crippen LogP contribution in [0.3, 0.4) is 0 Å². The Kier molecular flexibility index (Phi) is 7.49. The van der Waals surface area contributed by atoms with E-state index in [1.165, 1.54) is 11.8 Å². The molecule has 6 nitrogen and oxygen atoms in total. The third-order valence-corrected chi connectivity index (χ3v) is 3.59. The van der Waals surface area contributed by atoms with Gasteiger partial charge in [0.1, 0.15) is 5.75 Å². The lowest BCUT2D eigenvalue weighted by Crippen LogP contribution is -2.24. The second-order valence-electron chi connectivity index (χ2n) is 5.42. The van der Waals surface area contributed by atoms with Crippen LogP contribution in [-0.4, -0.2) is 32.4 Å². The van der Waals surface area contributed by atoms with Crippen molar-refractivity contribution in [2.24, 2.45) is 5.10 Å². The van der Waals surface area contributed by atoms with Gasteiger partial charge in [0.15, 0.2) is 18.1 Å². The molecule has 1 N–H and O–H groups in total. The van der Waals surface area contributed by atoms with Gasteiger partial charge < -0.3 is 14.2 Å². The van der Waals surface area contributed by atoms with Gasteiger partial charge in [-0.2, -0.15) is 5.10 Å². The van der Waals surface area contributed by atoms with E-state index in [4.69, 9.17) is 14.2 Å². The summed E-state index contributed by atoms with van der Waals surface area (Å²) in [4.78, 5) is 11.8. The summed E-state index contributed by atoms with van der Waals surface area (Å²) in [7, 11) is 1.58. The van der Waals surface area contributed by atoms with Gasteiger partial charge in [0.05, 0.1) is 19.9 Å². The summed E-state index contributed by atoms with van der Waals surface area (Å²) < 4.78 is 16.2. The first-order valence-corrected chi connectivity index (χ1v) is 8.50. The normalized spacial score (nSPS) is 10.6. The van der Waals surface area contributed by atoms with Crippen LogP contribution in [0, 0.1) is 0 Å². The highest BCUT2D eigenvalue weighted by Gasteiger charge is 2.05. The molecular weight excluding hydrogens is 332 g/mol. The average molecular weight is 356 g/mol. The molecule has 2 aromatic carbocycles. The van der Waals surface area contributed by atoms with E-state index in [9.17, 15) is 4.79 Å². The van der Waals surface area contributed by atoms with Crippen molar-refractivity contribution in [3.05, 3.63) is 53.6 Å². The number of hydrogen-bond acceptors (Lipinski definition) is 5. The van der Waals surface area contributed by atoms with Crippen molar-refractivity contribution in [1.82, 2.24) is 5.43 Å². The summed E-state index contributed by atoms with van der Waals surface area (Å²) in [6, 6.07) is 13.1. The number of nitrogens with zero attached hydrogens (tertiary/aromatic N) is 1. The molecule has 2 aromatic rings. The van der Waals surface area contributed by atoms with E-state index in [0.29, 0.717) is 23.9 Å². The molecule has 0 spiro atoms. The second kappa shape index (κ2) is 10.1. The van der Waals surface area contributed by atoms with Crippen LogP contribution < -0.4 is 19.6 Å². The van der Waals surface area contributed by atoms with E-state index < -0.39 is 0 Å². The number of hydrogen-bond donors (Lipinski definition) is 1. The van der Waals surface area contributed by atoms with Crippen LogP contribution in [0.15, 0.2) is 47.6 Å². The van der Waals surface area contributed by atoms with E-state index >= 15 is 0 Å². The van der Waals surface area contributed by atoms with E-state index in [2.05, 4.69) is 17.5 Å². The van der Waals surface area contributed by atoms with Gasteiger partial charge in [-0.25, -0.2) is 5.43 Å². The smallest absolute Gasteiger partial charge is 0.277 e. The maximum atomic E-state index is 11.8. The van der Waals surface area contributed by atoms with E-state index in [0.717, 1.165) is 12.0 Å². The number of rotatable bonds is 9. The highest BCUT2D eigenvalue weighted by atomic mass is 16.5. The highest BCUT2D eigenvalue weighted by molar-refractivity contribution is 5.83. The van der Waals surface area contributed by atoms with Crippen molar-refractivity contribution in [2.45, 2.75) is 20.3 Å². The summed E-state index contributed by atoms with van der Waals surface area (Å²) >= 11 is 0. The molecule has 0 atom stereocenters. The largest absolute Gasteiger partial charge is 0.493 e. The number of carbonyl (C=O) groups excluding carboxylic acids is 1. The highest BCUT2D eigenvalue weighted by Crippen LogP contribution is 2.27. The molecule has 0 radical (unpaired) electrons. The summed E-state index contributed by atoms with van der Waals surface area (Å²) in [5.41, 5.74) is 4.44. The number of carbonyl (C=O) groups is 1. The predicted molar refractivity (Wildman–Crippen MR) is 101 cm³/mol. The summed E-state index contributed by atoms with van der Waals surface area (Å²) in [6.45, 7) is 4.41. The zero-order valence-electron chi connectivity index (χ0n) is 15.3. The van der Waals surface area contributed by atoms with Gasteiger partial charge >= 0.3 is 0 Å². The number of hydrazone groups is 1. The van der Waals surface area contributed by atoms with Crippen molar-refractivity contribution in [1.29, 1.82) is 0 Å². The van der Waals surface area contributed by atoms with E-state index in [-0.39, 0.29) is 12.5 Å². The Morgan fingerprint density at radius 1 is 1.08 bits per heavy atom. The van der Waals surface area contributed by atoms with E-state index in [1.54, 1.807) is 19.2 Å². The third-order valence-electron chi connectivity index (χ3n) is 3.59. The first-order chi connectivity index (χ1) is 12.7. The van der Waals surface area contributed by atoms with Crippen LogP contribution in [0.25, 0.3) is 0 Å². The fourth-order valence-electron chi connectivity index (χ4n) is 2.22. The maximum absolute atomic E-state index is 11.8. The zero-order chi connectivity index (χ0) is 18.8. The van der Waals surface area contributed by atoms with Crippen molar-refractivity contribution in [2.75, 3.05) is 20.3 Å². The molecule has 0 saturated heterocycles. The average Bonchev–Trinajstić information content (AvgIpc) is 2.67. The van der Waals surface area contributed by atoms with Crippen LogP contribution in [-0.2, 0) is 11.2 Å². The molecule has 0 fully saturated rings. The van der Waals surface area contributed by atoms with Gasteiger partial charge in [-0.3, -0.25) is 4.79 Å². The molecule has 0 unspecified atom stereocenters. The topological polar surface area (TPSA) is 69.2 Å². The van der Waals surface area contributed by atoms with Crippen molar-refractivity contribution >= 4 is 12.1 Å². The Bertz CT molecular complexity index is 742. The van der Waals surface area contributed by atoms with Crippen molar-refractivity contribution in [3.8, 4) is 17.2 Å². The quantitative estimate of drug-likeness (QED) is 0.553. The molecule has 0 heterocycles. The van der Waals surface area contributed by atoms with Crippen LogP contribution in [0.4, 0.5) is 0 Å². The zero-order valence-corrected chi connectivity index (χ0v) is 15.3. The molecule has 6 heteroatoms. The Labute approximate surface area is 153 Å². The Morgan fingerprint density at radius 3 is 2.50 bits per heavy atom. The van der Waals surface area contributed by atoms with Crippen LogP contribution in [0.2, 0.25) is 0 Å². The minimum absolute atomic E-state index is 0.102. The molecule has 0 aliphatic carbocycles. The van der Waals surface area contributed by atoms with Gasteiger partial charge in [0.25, 0.3) is 5.91 Å². The molecule has 0 aromatic heterocycles. The second-order valence-corrected chi connectivity index (χ2v) is 5.42. The number of ether oxygens (including phenoxy) is 3. The molecule has 0 bridgehead atoms. The SMILES string of the molecule is CCOc1cc(/C=N/NC(=O)COc2ccc(CC)cc2)ccc1OC. The Balaban J connectivity index is 1.85. The molecule has 0 aliphatic heterocycles. The van der Waals surface area contributed by atoms with Gasteiger partial charge in [-0.05, 0) is 54.8 Å². The minimum atomic E-state index is -0.334. The van der Waals surface area contributed by atoms with Crippen molar-refractivity contribution in [3.63, 3.8) is 0 Å². The number of methoxy groups -OCH3 is 1. The van der Waals surface area contributed by atoms with E-state index in [1.807, 2.05) is 37.3 Å². The minimum Gasteiger partial charge on any atom is -0.493 e. The predicted octanol–water partition coefficient (Wildman–Crippen LogP) is 3.19. The molecule has 0 aliphatic rings. The number of aryl methyl sites for hydroxylation is 1. The molecule has 138 valence electrons. The first kappa shape index (κ1) is 19.3. The monoisotopic (exact) mass is 356 g/mol. The Morgan fingerprint density at radius 2 is 1.85 bits per heavy atom.